The van der Waals surface area contributed by atoms with Crippen LogP contribution in [0.25, 0.3) is 0 Å². The minimum Gasteiger partial charge on any atom is -0.376 e. The molecular weight excluding hydrogens is 262 g/mol. The van der Waals surface area contributed by atoms with Crippen LogP contribution in [0, 0.1) is 0 Å². The maximum absolute atomic E-state index is 6.32. The van der Waals surface area contributed by atoms with Crippen molar-refractivity contribution in [3.63, 3.8) is 0 Å². The molecule has 0 bridgehead atoms. The molecule has 1 aliphatic carbocycles. The first-order valence-electron chi connectivity index (χ1n) is 7.04. The number of methoxy groups -OCH3 is 1. The third-order valence-corrected chi connectivity index (χ3v) is 4.67. The Labute approximate surface area is 120 Å². The molecule has 1 aromatic rings. The molecule has 1 N–H and O–H groups in total. The fourth-order valence-corrected chi connectivity index (χ4v) is 3.61. The van der Waals surface area contributed by atoms with E-state index in [1.807, 2.05) is 25.9 Å². The Morgan fingerprint density at radius 1 is 1.37 bits per heavy atom. The van der Waals surface area contributed by atoms with Gasteiger partial charge in [-0.25, -0.2) is 0 Å². The van der Waals surface area contributed by atoms with Crippen molar-refractivity contribution in [1.29, 1.82) is 0 Å². The SMILES string of the molecule is CNC(c1c(Cl)cnn1C)C1(OC)CCCCCC1. The smallest absolute Gasteiger partial charge is 0.0888 e. The number of nitrogens with zero attached hydrogens (tertiary/aromatic N) is 2. The minimum absolute atomic E-state index is 0.0793. The van der Waals surface area contributed by atoms with Crippen LogP contribution in [0.3, 0.4) is 0 Å². The van der Waals surface area contributed by atoms with Gasteiger partial charge in [-0.2, -0.15) is 5.10 Å². The van der Waals surface area contributed by atoms with E-state index in [1.165, 1.54) is 25.7 Å². The average molecular weight is 286 g/mol. The summed E-state index contributed by atoms with van der Waals surface area (Å²) in [5.74, 6) is 0. The summed E-state index contributed by atoms with van der Waals surface area (Å²) in [5.41, 5.74) is 0.843. The van der Waals surface area contributed by atoms with Crippen molar-refractivity contribution in [3.8, 4) is 0 Å². The maximum atomic E-state index is 6.32. The minimum atomic E-state index is -0.178. The van der Waals surface area contributed by atoms with Gasteiger partial charge in [0.15, 0.2) is 0 Å². The summed E-state index contributed by atoms with van der Waals surface area (Å²) in [4.78, 5) is 0. The zero-order valence-corrected chi connectivity index (χ0v) is 12.8. The highest BCUT2D eigenvalue weighted by molar-refractivity contribution is 6.31. The molecule has 0 aromatic carbocycles. The molecule has 1 aromatic heterocycles. The van der Waals surface area contributed by atoms with Crippen LogP contribution in [-0.4, -0.2) is 29.5 Å². The van der Waals surface area contributed by atoms with E-state index in [2.05, 4.69) is 10.4 Å². The van der Waals surface area contributed by atoms with E-state index in [0.29, 0.717) is 5.02 Å². The predicted molar refractivity (Wildman–Crippen MR) is 77.5 cm³/mol. The molecular formula is C14H24ClN3O. The van der Waals surface area contributed by atoms with Gasteiger partial charge in [0.25, 0.3) is 0 Å². The van der Waals surface area contributed by atoms with Gasteiger partial charge in [-0.15, -0.1) is 0 Å². The highest BCUT2D eigenvalue weighted by Crippen LogP contribution is 2.41. The zero-order chi connectivity index (χ0) is 13.9. The summed E-state index contributed by atoms with van der Waals surface area (Å²) >= 11 is 6.32. The predicted octanol–water partition coefficient (Wildman–Crippen LogP) is 3.07. The highest BCUT2D eigenvalue weighted by atomic mass is 35.5. The van der Waals surface area contributed by atoms with Crippen molar-refractivity contribution in [3.05, 3.63) is 16.9 Å². The first kappa shape index (κ1) is 14.8. The van der Waals surface area contributed by atoms with Crippen LogP contribution >= 0.6 is 11.6 Å². The fourth-order valence-electron chi connectivity index (χ4n) is 3.33. The van der Waals surface area contributed by atoms with Gasteiger partial charge in [0, 0.05) is 14.2 Å². The second-order valence-electron chi connectivity index (χ2n) is 5.41. The lowest BCUT2D eigenvalue weighted by Gasteiger charge is -2.39. The summed E-state index contributed by atoms with van der Waals surface area (Å²) in [6, 6.07) is 0.0793. The van der Waals surface area contributed by atoms with E-state index in [-0.39, 0.29) is 11.6 Å². The van der Waals surface area contributed by atoms with Crippen LogP contribution in [0.15, 0.2) is 6.20 Å². The van der Waals surface area contributed by atoms with Crippen LogP contribution in [0.1, 0.15) is 50.3 Å². The lowest BCUT2D eigenvalue weighted by atomic mass is 9.84. The van der Waals surface area contributed by atoms with Crippen LogP contribution in [0.5, 0.6) is 0 Å². The van der Waals surface area contributed by atoms with E-state index >= 15 is 0 Å². The van der Waals surface area contributed by atoms with Gasteiger partial charge in [0.2, 0.25) is 0 Å². The molecule has 19 heavy (non-hydrogen) atoms. The summed E-state index contributed by atoms with van der Waals surface area (Å²) in [6.07, 6.45) is 8.85. The van der Waals surface area contributed by atoms with Gasteiger partial charge in [0.05, 0.1) is 28.6 Å². The second kappa shape index (κ2) is 6.25. The third-order valence-electron chi connectivity index (χ3n) is 4.38. The topological polar surface area (TPSA) is 39.1 Å². The van der Waals surface area contributed by atoms with Crippen molar-refractivity contribution < 1.29 is 4.74 Å². The first-order chi connectivity index (χ1) is 9.14. The molecule has 1 saturated carbocycles. The molecule has 0 aliphatic heterocycles. The number of nitrogens with one attached hydrogen (secondary N) is 1. The zero-order valence-electron chi connectivity index (χ0n) is 12.1. The largest absolute Gasteiger partial charge is 0.376 e. The number of hydrogen-bond acceptors (Lipinski definition) is 3. The second-order valence-corrected chi connectivity index (χ2v) is 5.81. The number of aromatic nitrogens is 2. The number of hydrogen-bond donors (Lipinski definition) is 1. The number of halogens is 1. The number of ether oxygens (including phenoxy) is 1. The number of aryl methyl sites for hydroxylation is 1. The van der Waals surface area contributed by atoms with Crippen LogP contribution in [0.2, 0.25) is 5.02 Å². The van der Waals surface area contributed by atoms with Crippen molar-refractivity contribution >= 4 is 11.6 Å². The van der Waals surface area contributed by atoms with Gasteiger partial charge < -0.3 is 10.1 Å². The Hall–Kier alpha value is -0.580. The van der Waals surface area contributed by atoms with E-state index in [9.17, 15) is 0 Å². The molecule has 2 rings (SSSR count). The molecule has 5 heteroatoms. The maximum Gasteiger partial charge on any atom is 0.0888 e. The average Bonchev–Trinajstić information content (AvgIpc) is 2.65. The van der Waals surface area contributed by atoms with Gasteiger partial charge in [-0.1, -0.05) is 37.3 Å². The molecule has 108 valence electrons. The molecule has 1 atom stereocenters. The van der Waals surface area contributed by atoms with Gasteiger partial charge in [-0.05, 0) is 19.9 Å². The normalized spacial score (nSPS) is 21.1. The summed E-state index contributed by atoms with van der Waals surface area (Å²) in [7, 11) is 5.73. The highest BCUT2D eigenvalue weighted by Gasteiger charge is 2.41. The molecule has 1 unspecified atom stereocenters. The molecule has 1 fully saturated rings. The summed E-state index contributed by atoms with van der Waals surface area (Å²) in [5, 5.41) is 8.37. The summed E-state index contributed by atoms with van der Waals surface area (Å²) in [6.45, 7) is 0. The molecule has 1 heterocycles. The first-order valence-corrected chi connectivity index (χ1v) is 7.42. The number of rotatable bonds is 4. The lowest BCUT2D eigenvalue weighted by Crippen LogP contribution is -2.45. The third kappa shape index (κ3) is 2.81. The van der Waals surface area contributed by atoms with E-state index in [0.717, 1.165) is 18.5 Å². The Morgan fingerprint density at radius 2 is 2.00 bits per heavy atom. The van der Waals surface area contributed by atoms with E-state index in [4.69, 9.17) is 16.3 Å². The molecule has 0 spiro atoms. The molecule has 0 amide bonds. The molecule has 0 saturated heterocycles. The Morgan fingerprint density at radius 3 is 2.42 bits per heavy atom. The molecule has 4 nitrogen and oxygen atoms in total. The van der Waals surface area contributed by atoms with Crippen molar-refractivity contribution in [1.82, 2.24) is 15.1 Å². The Bertz CT molecular complexity index is 391. The van der Waals surface area contributed by atoms with E-state index in [1.54, 1.807) is 6.20 Å². The van der Waals surface area contributed by atoms with Crippen molar-refractivity contribution in [2.45, 2.75) is 50.2 Å². The quantitative estimate of drug-likeness (QED) is 0.864. The van der Waals surface area contributed by atoms with Crippen molar-refractivity contribution in [2.24, 2.45) is 7.05 Å². The fraction of sp³-hybridized carbons (Fsp3) is 0.786. The molecule has 0 radical (unpaired) electrons. The van der Waals surface area contributed by atoms with E-state index < -0.39 is 0 Å². The standard InChI is InChI=1S/C14H24ClN3O/c1-16-13(12-11(15)10-17-18(12)2)14(19-3)8-6-4-5-7-9-14/h10,13,16H,4-9H2,1-3H3. The van der Waals surface area contributed by atoms with Gasteiger partial charge >= 0.3 is 0 Å². The summed E-state index contributed by atoms with van der Waals surface area (Å²) < 4.78 is 7.84. The van der Waals surface area contributed by atoms with Crippen molar-refractivity contribution in [2.75, 3.05) is 14.2 Å². The van der Waals surface area contributed by atoms with Gasteiger partial charge in [0.1, 0.15) is 0 Å². The Balaban J connectivity index is 2.37. The Kier molecular flexibility index (Phi) is 4.87. The van der Waals surface area contributed by atoms with Crippen LogP contribution < -0.4 is 5.32 Å². The van der Waals surface area contributed by atoms with Crippen LogP contribution in [0.4, 0.5) is 0 Å². The molecule has 1 aliphatic rings. The monoisotopic (exact) mass is 285 g/mol. The lowest BCUT2D eigenvalue weighted by molar-refractivity contribution is -0.0541. The number of likely N-dealkylation sites (N-methyl/N-ethyl adjacent to an activating group) is 1. The van der Waals surface area contributed by atoms with Crippen LogP contribution in [-0.2, 0) is 11.8 Å². The van der Waals surface area contributed by atoms with Gasteiger partial charge in [-0.3, -0.25) is 4.68 Å².